The smallest absolute Gasteiger partial charge is 0.323 e. The summed E-state index contributed by atoms with van der Waals surface area (Å²) >= 11 is 6.48. The lowest BCUT2D eigenvalue weighted by Gasteiger charge is -2.56. The number of hydroxylamine groups is 1. The SMILES string of the molecule is CC(=O)O[C@@H]1C(C)=C[C@@H]2[C@H](C(C)CN3CCC(Cc4ccccc4)CC3)CC[C@@H](C)[C@]2(O)[C@H]1OC(=O)[C@@H]1C[C@@]2(O)c3cccc(Cl)c3N(C)O[C@H]2N1. The fourth-order valence-electron chi connectivity index (χ4n) is 10.0. The largest absolute Gasteiger partial charge is 0.454 e. The number of nitrogens with zero attached hydrogens (tertiary/aromatic N) is 2. The summed E-state index contributed by atoms with van der Waals surface area (Å²) in [5, 5.41) is 29.9. The zero-order valence-electron chi connectivity index (χ0n) is 31.0. The van der Waals surface area contributed by atoms with Gasteiger partial charge >= 0.3 is 11.9 Å². The van der Waals surface area contributed by atoms with Crippen molar-refractivity contribution in [3.05, 3.63) is 76.3 Å². The minimum absolute atomic E-state index is 0.0312. The molecule has 2 aromatic carbocycles. The number of hydrogen-bond donors (Lipinski definition) is 3. The summed E-state index contributed by atoms with van der Waals surface area (Å²) in [6.45, 7) is 10.5. The first-order valence-electron chi connectivity index (χ1n) is 19.0. The van der Waals surface area contributed by atoms with Crippen molar-refractivity contribution in [3.63, 3.8) is 0 Å². The van der Waals surface area contributed by atoms with Crippen molar-refractivity contribution in [2.75, 3.05) is 31.7 Å². The summed E-state index contributed by atoms with van der Waals surface area (Å²) in [5.41, 5.74) is 0.215. The van der Waals surface area contributed by atoms with Crippen molar-refractivity contribution in [3.8, 4) is 0 Å². The van der Waals surface area contributed by atoms with E-state index in [9.17, 15) is 19.8 Å². The lowest BCUT2D eigenvalue weighted by molar-refractivity contribution is -0.225. The van der Waals surface area contributed by atoms with E-state index in [1.807, 2.05) is 13.8 Å². The van der Waals surface area contributed by atoms with Crippen molar-refractivity contribution in [1.29, 1.82) is 0 Å². The summed E-state index contributed by atoms with van der Waals surface area (Å²) in [6.07, 6.45) is 4.17. The summed E-state index contributed by atoms with van der Waals surface area (Å²) in [6, 6.07) is 15.0. The number of carbonyl (C=O) groups is 2. The highest BCUT2D eigenvalue weighted by Gasteiger charge is 2.62. The molecule has 10 nitrogen and oxygen atoms in total. The van der Waals surface area contributed by atoms with Crippen molar-refractivity contribution in [2.24, 2.45) is 29.6 Å². The Kier molecular flexibility index (Phi) is 10.5. The van der Waals surface area contributed by atoms with Crippen molar-refractivity contribution in [2.45, 2.75) is 102 Å². The Labute approximate surface area is 312 Å². The Morgan fingerprint density at radius 3 is 2.50 bits per heavy atom. The number of nitrogens with one attached hydrogen (secondary N) is 1. The van der Waals surface area contributed by atoms with Gasteiger partial charge in [0, 0.05) is 38.4 Å². The van der Waals surface area contributed by atoms with Gasteiger partial charge in [-0.2, -0.15) is 0 Å². The van der Waals surface area contributed by atoms with Crippen molar-refractivity contribution < 1.29 is 34.1 Å². The maximum Gasteiger partial charge on any atom is 0.323 e. The van der Waals surface area contributed by atoms with Crippen molar-refractivity contribution >= 4 is 29.2 Å². The van der Waals surface area contributed by atoms with Crippen LogP contribution < -0.4 is 10.4 Å². The first kappa shape index (κ1) is 37.3. The van der Waals surface area contributed by atoms with E-state index in [1.165, 1.54) is 30.4 Å². The van der Waals surface area contributed by atoms with Crippen LogP contribution >= 0.6 is 11.6 Å². The monoisotopic (exact) mass is 735 g/mol. The minimum atomic E-state index is -1.55. The van der Waals surface area contributed by atoms with Crippen LogP contribution in [-0.2, 0) is 35.9 Å². The molecular weight excluding hydrogens is 682 g/mol. The van der Waals surface area contributed by atoms with Crippen LogP contribution in [0.1, 0.15) is 70.9 Å². The number of esters is 2. The van der Waals surface area contributed by atoms with Gasteiger partial charge in [-0.05, 0) is 93.0 Å². The third-order valence-corrected chi connectivity index (χ3v) is 13.1. The molecule has 11 heteroatoms. The van der Waals surface area contributed by atoms with E-state index < -0.39 is 47.6 Å². The summed E-state index contributed by atoms with van der Waals surface area (Å²) in [4.78, 5) is 35.2. The Morgan fingerprint density at radius 1 is 1.06 bits per heavy atom. The molecule has 2 aliphatic carbocycles. The van der Waals surface area contributed by atoms with E-state index in [2.05, 4.69) is 53.5 Å². The molecule has 3 fully saturated rings. The number of fused-ring (bicyclic) bond motifs is 4. The maximum absolute atomic E-state index is 14.2. The molecule has 0 spiro atoms. The molecule has 0 aromatic heterocycles. The number of anilines is 1. The van der Waals surface area contributed by atoms with Gasteiger partial charge in [-0.25, -0.2) is 0 Å². The molecule has 52 heavy (non-hydrogen) atoms. The summed E-state index contributed by atoms with van der Waals surface area (Å²) in [7, 11) is 1.70. The second kappa shape index (κ2) is 14.7. The van der Waals surface area contributed by atoms with Gasteiger partial charge in [-0.3, -0.25) is 24.8 Å². The van der Waals surface area contributed by atoms with E-state index in [0.29, 0.717) is 22.2 Å². The van der Waals surface area contributed by atoms with Gasteiger partial charge < -0.3 is 24.6 Å². The highest BCUT2D eigenvalue weighted by atomic mass is 35.5. The highest BCUT2D eigenvalue weighted by Crippen LogP contribution is 2.53. The number of hydrogen-bond acceptors (Lipinski definition) is 10. The van der Waals surface area contributed by atoms with Crippen LogP contribution in [-0.4, -0.2) is 83.8 Å². The van der Waals surface area contributed by atoms with E-state index >= 15 is 0 Å². The molecular formula is C41H54ClN3O7. The molecule has 0 amide bonds. The molecule has 3 aliphatic heterocycles. The van der Waals surface area contributed by atoms with E-state index in [4.69, 9.17) is 25.9 Å². The zero-order chi connectivity index (χ0) is 36.9. The fourth-order valence-corrected chi connectivity index (χ4v) is 10.3. The topological polar surface area (TPSA) is 121 Å². The summed E-state index contributed by atoms with van der Waals surface area (Å²) < 4.78 is 12.2. The van der Waals surface area contributed by atoms with Crippen LogP contribution in [0.3, 0.4) is 0 Å². The number of piperidine rings is 1. The number of halogens is 1. The Hall–Kier alpha value is -2.99. The molecule has 282 valence electrons. The predicted octanol–water partition coefficient (Wildman–Crippen LogP) is 5.38. The van der Waals surface area contributed by atoms with Crippen LogP contribution in [0.15, 0.2) is 60.2 Å². The lowest BCUT2D eigenvalue weighted by Crippen LogP contribution is -2.66. The standard InChI is InChI=1S/C41H54ClN3O7/c1-24-20-32-30(25(2)23-45-18-16-29(17-19-45)21-28-10-7-6-8-11-28)15-14-26(3)41(32,49)37(36(24)50-27(4)46)51-38(47)34-22-40(48)31-12-9-13-33(42)35(31)44(5)52-39(40)43-34/h6-13,20,25-26,29-30,32,34,36-37,39,43,48-49H,14-19,21-23H2,1-5H3/t25?,26-,30+,32-,34+,36-,37+,39-,40-,41-/m1/s1. The molecule has 5 aliphatic rings. The van der Waals surface area contributed by atoms with Gasteiger partial charge in [0.15, 0.2) is 18.4 Å². The van der Waals surface area contributed by atoms with E-state index in [1.54, 1.807) is 25.2 Å². The number of para-hydroxylation sites is 1. The normalized spacial score (nSPS) is 35.5. The molecule has 1 unspecified atom stereocenters. The first-order valence-corrected chi connectivity index (χ1v) is 19.4. The second-order valence-electron chi connectivity index (χ2n) is 16.2. The molecule has 3 N–H and O–H groups in total. The van der Waals surface area contributed by atoms with Crippen LogP contribution in [0.4, 0.5) is 5.69 Å². The molecule has 0 bridgehead atoms. The number of aliphatic hydroxyl groups is 2. The number of carbonyl (C=O) groups excluding carboxylic acids is 2. The average molecular weight is 736 g/mol. The summed E-state index contributed by atoms with van der Waals surface area (Å²) in [5.74, 6) is -0.612. The molecule has 2 aromatic rings. The van der Waals surface area contributed by atoms with Gasteiger partial charge in [-0.1, -0.05) is 74.0 Å². The zero-order valence-corrected chi connectivity index (χ0v) is 31.7. The van der Waals surface area contributed by atoms with Crippen LogP contribution in [0.25, 0.3) is 0 Å². The van der Waals surface area contributed by atoms with E-state index in [-0.39, 0.29) is 30.1 Å². The van der Waals surface area contributed by atoms with Gasteiger partial charge in [0.2, 0.25) is 0 Å². The van der Waals surface area contributed by atoms with Crippen LogP contribution in [0.2, 0.25) is 5.02 Å². The fraction of sp³-hybridized carbons (Fsp3) is 0.610. The second-order valence-corrected chi connectivity index (χ2v) is 16.6. The van der Waals surface area contributed by atoms with Gasteiger partial charge in [-0.15, -0.1) is 0 Å². The Balaban J connectivity index is 1.08. The van der Waals surface area contributed by atoms with Crippen LogP contribution in [0, 0.1) is 29.6 Å². The first-order chi connectivity index (χ1) is 24.8. The molecule has 2 saturated heterocycles. The van der Waals surface area contributed by atoms with Gasteiger partial charge in [0.05, 0.1) is 10.7 Å². The van der Waals surface area contributed by atoms with Crippen molar-refractivity contribution in [1.82, 2.24) is 10.2 Å². The number of ether oxygens (including phenoxy) is 2. The lowest BCUT2D eigenvalue weighted by atomic mass is 9.55. The number of likely N-dealkylation sites (tertiary alicyclic amines) is 1. The molecule has 10 atom stereocenters. The predicted molar refractivity (Wildman–Crippen MR) is 198 cm³/mol. The van der Waals surface area contributed by atoms with Gasteiger partial charge in [0.25, 0.3) is 0 Å². The quantitative estimate of drug-likeness (QED) is 0.241. The molecule has 0 radical (unpaired) electrons. The minimum Gasteiger partial charge on any atom is -0.454 e. The van der Waals surface area contributed by atoms with E-state index in [0.717, 1.165) is 44.5 Å². The molecule has 3 heterocycles. The number of benzene rings is 2. The molecule has 7 rings (SSSR count). The molecule has 1 saturated carbocycles. The Morgan fingerprint density at radius 2 is 1.79 bits per heavy atom. The third-order valence-electron chi connectivity index (χ3n) is 12.8. The maximum atomic E-state index is 14.2. The average Bonchev–Trinajstić information content (AvgIpc) is 3.46. The third kappa shape index (κ3) is 6.80. The number of rotatable bonds is 8. The van der Waals surface area contributed by atoms with Gasteiger partial charge in [0.1, 0.15) is 17.2 Å². The van der Waals surface area contributed by atoms with Crippen LogP contribution in [0.5, 0.6) is 0 Å². The highest BCUT2D eigenvalue weighted by molar-refractivity contribution is 6.33. The Bertz CT molecular complexity index is 1670.